The van der Waals surface area contributed by atoms with Crippen LogP contribution in [0.1, 0.15) is 32.1 Å². The van der Waals surface area contributed by atoms with Gasteiger partial charge in [-0.1, -0.05) is 0 Å². The Morgan fingerprint density at radius 1 is 1.29 bits per heavy atom. The molecule has 2 heterocycles. The number of nitrogens with one attached hydrogen (secondary N) is 1. The quantitative estimate of drug-likeness (QED) is 0.741. The highest BCUT2D eigenvalue weighted by molar-refractivity contribution is 4.70. The first-order valence-electron chi connectivity index (χ1n) is 5.89. The Morgan fingerprint density at radius 2 is 2.29 bits per heavy atom. The Balaban J connectivity index is 1.52. The van der Waals surface area contributed by atoms with Gasteiger partial charge in [0.05, 0.1) is 12.2 Å². The topological polar surface area (TPSA) is 30.5 Å². The molecule has 2 aliphatic rings. The number of rotatable bonds is 4. The average Bonchev–Trinajstić information content (AvgIpc) is 2.72. The number of piperidine rings is 1. The van der Waals surface area contributed by atoms with Gasteiger partial charge in [-0.3, -0.25) is 0 Å². The smallest absolute Gasteiger partial charge is 0.0699 e. The van der Waals surface area contributed by atoms with E-state index in [4.69, 9.17) is 9.47 Å². The predicted octanol–water partition coefficient (Wildman–Crippen LogP) is 1.32. The lowest BCUT2D eigenvalue weighted by Gasteiger charge is -2.23. The van der Waals surface area contributed by atoms with Crippen LogP contribution in [0.3, 0.4) is 0 Å². The molecule has 0 aromatic carbocycles. The maximum Gasteiger partial charge on any atom is 0.0699 e. The van der Waals surface area contributed by atoms with Gasteiger partial charge in [0, 0.05) is 19.8 Å². The van der Waals surface area contributed by atoms with Crippen LogP contribution in [0.25, 0.3) is 0 Å². The van der Waals surface area contributed by atoms with Gasteiger partial charge in [-0.25, -0.2) is 0 Å². The van der Waals surface area contributed by atoms with E-state index < -0.39 is 0 Å². The first kappa shape index (κ1) is 10.4. The van der Waals surface area contributed by atoms with E-state index in [1.54, 1.807) is 0 Å². The number of ether oxygens (including phenoxy) is 2. The molecular weight excluding hydrogens is 178 g/mol. The summed E-state index contributed by atoms with van der Waals surface area (Å²) in [5, 5.41) is 3.36. The fourth-order valence-corrected chi connectivity index (χ4v) is 2.20. The third-order valence-electron chi connectivity index (χ3n) is 3.07. The molecule has 1 unspecified atom stereocenters. The third-order valence-corrected chi connectivity index (χ3v) is 3.07. The molecule has 14 heavy (non-hydrogen) atoms. The van der Waals surface area contributed by atoms with Crippen LogP contribution >= 0.6 is 0 Å². The van der Waals surface area contributed by atoms with Crippen LogP contribution < -0.4 is 5.32 Å². The lowest BCUT2D eigenvalue weighted by molar-refractivity contribution is 0.00979. The normalized spacial score (nSPS) is 33.4. The van der Waals surface area contributed by atoms with Gasteiger partial charge < -0.3 is 14.8 Å². The summed E-state index contributed by atoms with van der Waals surface area (Å²) < 4.78 is 11.3. The van der Waals surface area contributed by atoms with Crippen molar-refractivity contribution < 1.29 is 9.47 Å². The molecule has 3 heteroatoms. The van der Waals surface area contributed by atoms with Crippen molar-refractivity contribution in [2.45, 2.75) is 44.3 Å². The molecule has 0 radical (unpaired) electrons. The summed E-state index contributed by atoms with van der Waals surface area (Å²) in [4.78, 5) is 0. The summed E-state index contributed by atoms with van der Waals surface area (Å²) in [6, 6.07) is 0. The zero-order chi connectivity index (χ0) is 9.64. The second kappa shape index (κ2) is 5.69. The van der Waals surface area contributed by atoms with E-state index in [0.717, 1.165) is 32.7 Å². The second-order valence-corrected chi connectivity index (χ2v) is 4.26. The van der Waals surface area contributed by atoms with Crippen LogP contribution in [0.15, 0.2) is 0 Å². The van der Waals surface area contributed by atoms with Crippen molar-refractivity contribution in [2.75, 3.05) is 26.3 Å². The van der Waals surface area contributed by atoms with Crippen molar-refractivity contribution in [3.63, 3.8) is 0 Å². The standard InChI is InChI=1S/C11H21NO2/c1-3-11(9-12-6-1)14-8-5-10-4-2-7-13-10/h10-12H,1-9H2/t10?,11-/m0/s1. The van der Waals surface area contributed by atoms with Crippen molar-refractivity contribution in [3.8, 4) is 0 Å². The minimum atomic E-state index is 0.449. The molecule has 2 rings (SSSR count). The van der Waals surface area contributed by atoms with Crippen molar-refractivity contribution in [1.82, 2.24) is 5.32 Å². The molecule has 2 saturated heterocycles. The average molecular weight is 199 g/mol. The molecule has 2 aliphatic heterocycles. The molecule has 82 valence electrons. The molecule has 0 aliphatic carbocycles. The fraction of sp³-hybridized carbons (Fsp3) is 1.00. The molecule has 2 fully saturated rings. The molecule has 0 spiro atoms. The molecule has 1 N–H and O–H groups in total. The summed E-state index contributed by atoms with van der Waals surface area (Å²) in [5.74, 6) is 0. The Kier molecular flexibility index (Phi) is 4.22. The Morgan fingerprint density at radius 3 is 3.00 bits per heavy atom. The van der Waals surface area contributed by atoms with Crippen molar-refractivity contribution in [3.05, 3.63) is 0 Å². The molecule has 0 aromatic heterocycles. The molecule has 0 aromatic rings. The molecular formula is C11H21NO2. The summed E-state index contributed by atoms with van der Waals surface area (Å²) in [6.45, 7) is 4.02. The monoisotopic (exact) mass is 199 g/mol. The Bertz CT molecular complexity index is 151. The molecule has 0 saturated carbocycles. The maximum absolute atomic E-state index is 5.80. The SMILES string of the molecule is C1COC(CCO[C@H]2CCCNC2)C1. The molecule has 2 atom stereocenters. The lowest BCUT2D eigenvalue weighted by atomic mass is 10.1. The Labute approximate surface area is 86.2 Å². The zero-order valence-corrected chi connectivity index (χ0v) is 8.84. The van der Waals surface area contributed by atoms with E-state index in [1.807, 2.05) is 0 Å². The van der Waals surface area contributed by atoms with Crippen LogP contribution in [0, 0.1) is 0 Å². The van der Waals surface area contributed by atoms with E-state index in [-0.39, 0.29) is 0 Å². The van der Waals surface area contributed by atoms with Gasteiger partial charge >= 0.3 is 0 Å². The lowest BCUT2D eigenvalue weighted by Crippen LogP contribution is -2.35. The number of hydrogen-bond acceptors (Lipinski definition) is 3. The highest BCUT2D eigenvalue weighted by Gasteiger charge is 2.17. The highest BCUT2D eigenvalue weighted by atomic mass is 16.5. The van der Waals surface area contributed by atoms with Gasteiger partial charge in [-0.15, -0.1) is 0 Å². The molecule has 0 bridgehead atoms. The Hall–Kier alpha value is -0.120. The summed E-state index contributed by atoms with van der Waals surface area (Å²) in [6.07, 6.45) is 6.94. The van der Waals surface area contributed by atoms with Crippen LogP contribution in [0.2, 0.25) is 0 Å². The van der Waals surface area contributed by atoms with E-state index in [1.165, 1.54) is 25.7 Å². The van der Waals surface area contributed by atoms with E-state index in [9.17, 15) is 0 Å². The first-order valence-corrected chi connectivity index (χ1v) is 5.89. The summed E-state index contributed by atoms with van der Waals surface area (Å²) >= 11 is 0. The van der Waals surface area contributed by atoms with E-state index in [0.29, 0.717) is 12.2 Å². The van der Waals surface area contributed by atoms with Crippen molar-refractivity contribution >= 4 is 0 Å². The van der Waals surface area contributed by atoms with Crippen LogP contribution in [0.4, 0.5) is 0 Å². The minimum Gasteiger partial charge on any atom is -0.378 e. The minimum absolute atomic E-state index is 0.449. The van der Waals surface area contributed by atoms with Gasteiger partial charge in [-0.2, -0.15) is 0 Å². The largest absolute Gasteiger partial charge is 0.378 e. The fourth-order valence-electron chi connectivity index (χ4n) is 2.20. The van der Waals surface area contributed by atoms with Crippen molar-refractivity contribution in [2.24, 2.45) is 0 Å². The van der Waals surface area contributed by atoms with Crippen molar-refractivity contribution in [1.29, 1.82) is 0 Å². The van der Waals surface area contributed by atoms with E-state index >= 15 is 0 Å². The van der Waals surface area contributed by atoms with Gasteiger partial charge in [0.2, 0.25) is 0 Å². The third kappa shape index (κ3) is 3.23. The highest BCUT2D eigenvalue weighted by Crippen LogP contribution is 2.16. The molecule has 3 nitrogen and oxygen atoms in total. The van der Waals surface area contributed by atoms with Crippen LogP contribution in [0.5, 0.6) is 0 Å². The van der Waals surface area contributed by atoms with Gasteiger partial charge in [0.25, 0.3) is 0 Å². The predicted molar refractivity (Wildman–Crippen MR) is 55.4 cm³/mol. The maximum atomic E-state index is 5.80. The second-order valence-electron chi connectivity index (χ2n) is 4.26. The summed E-state index contributed by atoms with van der Waals surface area (Å²) in [5.41, 5.74) is 0. The zero-order valence-electron chi connectivity index (χ0n) is 8.84. The van der Waals surface area contributed by atoms with Gasteiger partial charge in [-0.05, 0) is 38.6 Å². The molecule has 0 amide bonds. The summed E-state index contributed by atoms with van der Waals surface area (Å²) in [7, 11) is 0. The van der Waals surface area contributed by atoms with Crippen LogP contribution in [-0.2, 0) is 9.47 Å². The first-order chi connectivity index (χ1) is 6.95. The van der Waals surface area contributed by atoms with Gasteiger partial charge in [0.15, 0.2) is 0 Å². The van der Waals surface area contributed by atoms with Crippen LogP contribution in [-0.4, -0.2) is 38.5 Å². The van der Waals surface area contributed by atoms with Gasteiger partial charge in [0.1, 0.15) is 0 Å². The van der Waals surface area contributed by atoms with E-state index in [2.05, 4.69) is 5.32 Å². The number of hydrogen-bond donors (Lipinski definition) is 1.